The van der Waals surface area contributed by atoms with Crippen LogP contribution >= 0.6 is 7.57 Å². The number of para-hydroxylation sites is 1. The fraction of sp³-hybridized carbons (Fsp3) is 0.0526. The smallest absolute Gasteiger partial charge is 0.297 e. The van der Waals surface area contributed by atoms with Crippen LogP contribution in [0.15, 0.2) is 84.9 Å². The minimum atomic E-state index is -3.17. The molecular weight excluding hydrogens is 292 g/mol. The van der Waals surface area contributed by atoms with Crippen molar-refractivity contribution < 1.29 is 4.20 Å². The van der Waals surface area contributed by atoms with Crippen molar-refractivity contribution in [2.75, 3.05) is 7.05 Å². The molecule has 0 heterocycles. The molecule has 0 aromatic heterocycles. The lowest BCUT2D eigenvalue weighted by Gasteiger charge is -2.24. The third-order valence-electron chi connectivity index (χ3n) is 3.68. The second-order valence-corrected chi connectivity index (χ2v) is 7.66. The molecule has 3 heteroatoms. The van der Waals surface area contributed by atoms with Crippen molar-refractivity contribution >= 4 is 29.2 Å². The van der Waals surface area contributed by atoms with E-state index >= 15 is 4.20 Å². The first-order chi connectivity index (χ1) is 10.8. The highest BCUT2D eigenvalue weighted by atomic mass is 31.2. The van der Waals surface area contributed by atoms with E-state index in [4.69, 9.17) is 0 Å². The SMILES string of the molecule is C[N-]c1ccccc1[P+](F)(c1ccccc1)c1ccccc1. The van der Waals surface area contributed by atoms with Gasteiger partial charge in [0.05, 0.1) is 0 Å². The third kappa shape index (κ3) is 2.51. The van der Waals surface area contributed by atoms with E-state index in [-0.39, 0.29) is 0 Å². The third-order valence-corrected chi connectivity index (χ3v) is 6.74. The molecule has 110 valence electrons. The van der Waals surface area contributed by atoms with Crippen molar-refractivity contribution in [3.63, 3.8) is 0 Å². The standard InChI is InChI=1S/C19H17FNP/c1-21-18-14-8-9-15-19(18)22(20,16-10-4-2-5-11-16)17-12-6-3-7-13-17/h2-15H,1H3. The molecule has 0 spiro atoms. The van der Waals surface area contributed by atoms with Gasteiger partial charge in [0, 0.05) is 0 Å². The van der Waals surface area contributed by atoms with Gasteiger partial charge in [0.25, 0.3) is 7.57 Å². The van der Waals surface area contributed by atoms with Crippen LogP contribution in [0.3, 0.4) is 0 Å². The van der Waals surface area contributed by atoms with Gasteiger partial charge in [0.2, 0.25) is 0 Å². The van der Waals surface area contributed by atoms with Crippen molar-refractivity contribution in [1.29, 1.82) is 0 Å². The molecule has 0 aliphatic heterocycles. The van der Waals surface area contributed by atoms with Gasteiger partial charge in [-0.05, 0) is 34.5 Å². The molecule has 0 saturated carbocycles. The lowest BCUT2D eigenvalue weighted by molar-refractivity contribution is 0.901. The molecule has 0 amide bonds. The molecular formula is C19H17FNP. The number of halogens is 1. The molecule has 22 heavy (non-hydrogen) atoms. The average molecular weight is 309 g/mol. The van der Waals surface area contributed by atoms with Crippen LogP contribution in [-0.2, 0) is 0 Å². The van der Waals surface area contributed by atoms with E-state index in [1.165, 1.54) is 0 Å². The zero-order valence-corrected chi connectivity index (χ0v) is 13.2. The van der Waals surface area contributed by atoms with Crippen molar-refractivity contribution in [3.8, 4) is 0 Å². The summed E-state index contributed by atoms with van der Waals surface area (Å²) in [5.74, 6) is 0. The minimum Gasteiger partial charge on any atom is -0.684 e. The van der Waals surface area contributed by atoms with Crippen molar-refractivity contribution in [2.24, 2.45) is 0 Å². The molecule has 0 N–H and O–H groups in total. The van der Waals surface area contributed by atoms with Gasteiger partial charge in [-0.25, -0.2) is 0 Å². The van der Waals surface area contributed by atoms with Gasteiger partial charge in [-0.15, -0.1) is 7.05 Å². The first-order valence-corrected chi connectivity index (χ1v) is 8.84. The molecule has 3 aromatic rings. The van der Waals surface area contributed by atoms with Gasteiger partial charge in [0.15, 0.2) is 0 Å². The summed E-state index contributed by atoms with van der Waals surface area (Å²) < 4.78 is 16.5. The van der Waals surface area contributed by atoms with Crippen LogP contribution in [0.5, 0.6) is 0 Å². The molecule has 3 aromatic carbocycles. The highest BCUT2D eigenvalue weighted by Gasteiger charge is 2.47. The number of hydrogen-bond donors (Lipinski definition) is 0. The zero-order chi connectivity index (χ0) is 15.4. The fourth-order valence-corrected chi connectivity index (χ4v) is 5.41. The first kappa shape index (κ1) is 14.7. The molecule has 1 nitrogen and oxygen atoms in total. The second kappa shape index (κ2) is 6.29. The summed E-state index contributed by atoms with van der Waals surface area (Å²) in [5.41, 5.74) is 0.714. The molecule has 0 aliphatic carbocycles. The maximum absolute atomic E-state index is 16.5. The van der Waals surface area contributed by atoms with E-state index in [0.717, 1.165) is 10.6 Å². The molecule has 0 fully saturated rings. The molecule has 0 radical (unpaired) electrons. The Bertz CT molecular complexity index is 704. The topological polar surface area (TPSA) is 14.1 Å². The number of rotatable bonds is 4. The molecule has 0 saturated heterocycles. The van der Waals surface area contributed by atoms with E-state index in [0.29, 0.717) is 11.0 Å². The van der Waals surface area contributed by atoms with Crippen LogP contribution < -0.4 is 15.9 Å². The van der Waals surface area contributed by atoms with Crippen LogP contribution in [-0.4, -0.2) is 7.05 Å². The van der Waals surface area contributed by atoms with E-state index < -0.39 is 7.57 Å². The Kier molecular flexibility index (Phi) is 4.22. The Labute approximate surface area is 131 Å². The van der Waals surface area contributed by atoms with Gasteiger partial charge < -0.3 is 5.32 Å². The van der Waals surface area contributed by atoms with E-state index in [2.05, 4.69) is 5.32 Å². The summed E-state index contributed by atoms with van der Waals surface area (Å²) in [5, 5.41) is 6.39. The van der Waals surface area contributed by atoms with Crippen LogP contribution in [0, 0.1) is 0 Å². The van der Waals surface area contributed by atoms with Crippen LogP contribution in [0.2, 0.25) is 0 Å². The highest BCUT2D eigenvalue weighted by molar-refractivity contribution is 7.91. The lowest BCUT2D eigenvalue weighted by atomic mass is 10.3. The molecule has 0 atom stereocenters. The van der Waals surface area contributed by atoms with Gasteiger partial charge in [0.1, 0.15) is 15.9 Å². The molecule has 0 bridgehead atoms. The summed E-state index contributed by atoms with van der Waals surface area (Å²) >= 11 is 0. The number of benzene rings is 3. The van der Waals surface area contributed by atoms with Crippen LogP contribution in [0.4, 0.5) is 9.88 Å². The van der Waals surface area contributed by atoms with E-state index in [9.17, 15) is 0 Å². The normalized spacial score (nSPS) is 11.2. The van der Waals surface area contributed by atoms with E-state index in [1.54, 1.807) is 7.05 Å². The first-order valence-electron chi connectivity index (χ1n) is 7.16. The summed E-state index contributed by atoms with van der Waals surface area (Å²) in [6.45, 7) is 0. The quantitative estimate of drug-likeness (QED) is 0.630. The summed E-state index contributed by atoms with van der Waals surface area (Å²) in [7, 11) is -1.47. The zero-order valence-electron chi connectivity index (χ0n) is 12.4. The Morgan fingerprint density at radius 3 is 1.64 bits per heavy atom. The maximum atomic E-state index is 16.5. The van der Waals surface area contributed by atoms with Crippen molar-refractivity contribution in [1.82, 2.24) is 0 Å². The molecule has 0 unspecified atom stereocenters. The predicted molar refractivity (Wildman–Crippen MR) is 95.2 cm³/mol. The van der Waals surface area contributed by atoms with E-state index in [1.807, 2.05) is 84.9 Å². The largest absolute Gasteiger partial charge is 0.684 e. The van der Waals surface area contributed by atoms with Crippen molar-refractivity contribution in [3.05, 3.63) is 90.2 Å². The Hall–Kier alpha value is -2.18. The van der Waals surface area contributed by atoms with Gasteiger partial charge in [-0.3, -0.25) is 0 Å². The van der Waals surface area contributed by atoms with Gasteiger partial charge >= 0.3 is 0 Å². The summed E-state index contributed by atoms with van der Waals surface area (Å²) in [6.07, 6.45) is 0. The second-order valence-electron chi connectivity index (χ2n) is 4.97. The average Bonchev–Trinajstić information content (AvgIpc) is 2.62. The fourth-order valence-electron chi connectivity index (χ4n) is 2.61. The summed E-state index contributed by atoms with van der Waals surface area (Å²) in [4.78, 5) is 0. The molecule has 0 aliphatic rings. The Morgan fingerprint density at radius 1 is 0.682 bits per heavy atom. The minimum absolute atomic E-state index is 0.676. The van der Waals surface area contributed by atoms with Crippen LogP contribution in [0.25, 0.3) is 5.32 Å². The van der Waals surface area contributed by atoms with Crippen molar-refractivity contribution in [2.45, 2.75) is 0 Å². The lowest BCUT2D eigenvalue weighted by Crippen LogP contribution is -2.28. The summed E-state index contributed by atoms with van der Waals surface area (Å²) in [6, 6.07) is 26.3. The van der Waals surface area contributed by atoms with Crippen LogP contribution in [0.1, 0.15) is 0 Å². The van der Waals surface area contributed by atoms with Gasteiger partial charge in [-0.1, -0.05) is 60.3 Å². The Balaban J connectivity index is 2.29. The Morgan fingerprint density at radius 2 is 1.14 bits per heavy atom. The van der Waals surface area contributed by atoms with Gasteiger partial charge in [-0.2, -0.15) is 0 Å². The predicted octanol–water partition coefficient (Wildman–Crippen LogP) is 4.50. The number of nitrogens with zero attached hydrogens (tertiary/aromatic N) is 1. The molecule has 3 rings (SSSR count). The number of hydrogen-bond acceptors (Lipinski definition) is 0. The highest BCUT2D eigenvalue weighted by Crippen LogP contribution is 2.58. The monoisotopic (exact) mass is 309 g/mol. The maximum Gasteiger partial charge on any atom is 0.297 e.